The van der Waals surface area contributed by atoms with Crippen LogP contribution in [0.3, 0.4) is 0 Å². The maximum atomic E-state index is 15.3. The van der Waals surface area contributed by atoms with Crippen molar-refractivity contribution in [1.82, 2.24) is 9.97 Å². The lowest BCUT2D eigenvalue weighted by Gasteiger charge is -2.24. The van der Waals surface area contributed by atoms with Crippen molar-refractivity contribution in [3.8, 4) is 0 Å². The van der Waals surface area contributed by atoms with Crippen molar-refractivity contribution in [3.05, 3.63) is 53.7 Å². The maximum absolute atomic E-state index is 15.3. The van der Waals surface area contributed by atoms with Crippen LogP contribution in [0, 0.1) is 11.6 Å². The number of pyridine rings is 2. The lowest BCUT2D eigenvalue weighted by Crippen LogP contribution is -2.30. The number of nitrogens with two attached hydrogens (primary N) is 1. The Kier molecular flexibility index (Phi) is 6.16. The van der Waals surface area contributed by atoms with Crippen LogP contribution in [0.5, 0.6) is 0 Å². The van der Waals surface area contributed by atoms with Gasteiger partial charge in [-0.25, -0.2) is 36.1 Å². The molecule has 2 aromatic heterocycles. The Bertz CT molecular complexity index is 1380. The minimum Gasteiger partial charge on any atom is -0.354 e. The molecule has 1 saturated heterocycles. The molecule has 0 bridgehead atoms. The van der Waals surface area contributed by atoms with Gasteiger partial charge in [-0.2, -0.15) is 0 Å². The molecule has 0 atom stereocenters. The number of carbonyl (C=O) groups is 1. The van der Waals surface area contributed by atoms with Gasteiger partial charge in [0.15, 0.2) is 17.5 Å². The summed E-state index contributed by atoms with van der Waals surface area (Å²) in [7, 11) is -4.79. The molecule has 3 heterocycles. The number of aromatic nitrogens is 2. The predicted octanol–water partition coefficient (Wildman–Crippen LogP) is 3.43. The van der Waals surface area contributed by atoms with E-state index in [1.54, 1.807) is 24.3 Å². The zero-order chi connectivity index (χ0) is 24.7. The summed E-state index contributed by atoms with van der Waals surface area (Å²) < 4.78 is 81.7. The highest BCUT2D eigenvalue weighted by Gasteiger charge is 2.35. The van der Waals surface area contributed by atoms with Crippen LogP contribution in [0.15, 0.2) is 41.6 Å². The van der Waals surface area contributed by atoms with E-state index in [-0.39, 0.29) is 25.1 Å². The number of anilines is 2. The minimum absolute atomic E-state index is 0.0410. The molecule has 1 aromatic carbocycles. The molecule has 3 aromatic rings. The number of fused-ring (bicyclic) bond motifs is 1. The van der Waals surface area contributed by atoms with E-state index in [1.807, 2.05) is 5.32 Å². The number of primary sulfonamides is 1. The third-order valence-corrected chi connectivity index (χ3v) is 6.22. The summed E-state index contributed by atoms with van der Waals surface area (Å²) in [6, 6.07) is 8.27. The number of benzene rings is 1. The van der Waals surface area contributed by atoms with Gasteiger partial charge in [0.25, 0.3) is 15.9 Å². The molecule has 1 aliphatic rings. The zero-order valence-corrected chi connectivity index (χ0v) is 18.4. The maximum Gasteiger partial charge on any atom is 0.258 e. The molecule has 34 heavy (non-hydrogen) atoms. The highest BCUT2D eigenvalue weighted by Crippen LogP contribution is 2.34. The quantitative estimate of drug-likeness (QED) is 0.534. The van der Waals surface area contributed by atoms with Crippen LogP contribution in [0.2, 0.25) is 0 Å². The van der Waals surface area contributed by atoms with E-state index in [4.69, 9.17) is 5.14 Å². The molecule has 1 fully saturated rings. The summed E-state index contributed by atoms with van der Waals surface area (Å²) in [5, 5.41) is 6.33. The molecular weight excluding hydrogens is 478 g/mol. The average Bonchev–Trinajstić information content (AvgIpc) is 2.95. The lowest BCUT2D eigenvalue weighted by molar-refractivity contribution is -0.0102. The van der Waals surface area contributed by atoms with Crippen molar-refractivity contribution in [1.29, 1.82) is 0 Å². The summed E-state index contributed by atoms with van der Waals surface area (Å²) in [5.74, 6) is -7.78. The number of hydrogen-bond donors (Lipinski definition) is 2. The van der Waals surface area contributed by atoms with E-state index in [9.17, 15) is 26.4 Å². The Morgan fingerprint density at radius 2 is 1.85 bits per heavy atom. The molecule has 0 radical (unpaired) electrons. The predicted molar refractivity (Wildman–Crippen MR) is 116 cm³/mol. The second-order valence-corrected chi connectivity index (χ2v) is 9.33. The standard InChI is InChI=1S/C21H19F4N5O3S/c22-15-17(28-19(31)13-10-12-4-1-2-5-14(12)27-11-13)16(23)20(34(26,32)33)29-18(15)30-8-3-6-21(24,25)7-9-30/h1-2,4-5,10-11H,3,6-9H2,(H2,26,32,33)(H,28,29,31). The molecule has 0 saturated carbocycles. The average molecular weight is 497 g/mol. The largest absolute Gasteiger partial charge is 0.354 e. The Balaban J connectivity index is 1.76. The Hall–Kier alpha value is -3.32. The van der Waals surface area contributed by atoms with Crippen LogP contribution >= 0.6 is 0 Å². The molecule has 1 aliphatic heterocycles. The molecule has 0 unspecified atom stereocenters. The first-order valence-corrected chi connectivity index (χ1v) is 11.7. The van der Waals surface area contributed by atoms with Gasteiger partial charge in [-0.1, -0.05) is 18.2 Å². The van der Waals surface area contributed by atoms with Gasteiger partial charge in [0.05, 0.1) is 11.1 Å². The van der Waals surface area contributed by atoms with Gasteiger partial charge in [0.2, 0.25) is 10.9 Å². The van der Waals surface area contributed by atoms with E-state index in [0.717, 1.165) is 4.90 Å². The van der Waals surface area contributed by atoms with E-state index in [2.05, 4.69) is 9.97 Å². The smallest absolute Gasteiger partial charge is 0.258 e. The fraction of sp³-hybridized carbons (Fsp3) is 0.286. The fourth-order valence-corrected chi connectivity index (χ4v) is 4.24. The van der Waals surface area contributed by atoms with Crippen LogP contribution in [-0.4, -0.2) is 43.3 Å². The second kappa shape index (κ2) is 8.80. The van der Waals surface area contributed by atoms with E-state index in [0.29, 0.717) is 10.9 Å². The number of amides is 1. The summed E-state index contributed by atoms with van der Waals surface area (Å²) in [4.78, 5) is 21.4. The van der Waals surface area contributed by atoms with Gasteiger partial charge in [-0.15, -0.1) is 0 Å². The normalized spacial score (nSPS) is 16.3. The number of sulfonamides is 1. The van der Waals surface area contributed by atoms with E-state index in [1.165, 1.54) is 12.3 Å². The van der Waals surface area contributed by atoms with Crippen molar-refractivity contribution in [2.45, 2.75) is 30.2 Å². The van der Waals surface area contributed by atoms with Gasteiger partial charge in [-0.05, 0) is 18.6 Å². The lowest BCUT2D eigenvalue weighted by atomic mass is 10.1. The molecule has 3 N–H and O–H groups in total. The molecule has 4 rings (SSSR count). The van der Waals surface area contributed by atoms with Crippen molar-refractivity contribution >= 4 is 38.3 Å². The molecule has 1 amide bonds. The molecule has 13 heteroatoms. The van der Waals surface area contributed by atoms with Crippen LogP contribution < -0.4 is 15.4 Å². The topological polar surface area (TPSA) is 118 Å². The Morgan fingerprint density at radius 3 is 2.59 bits per heavy atom. The minimum atomic E-state index is -4.79. The van der Waals surface area contributed by atoms with Crippen molar-refractivity contribution < 1.29 is 30.8 Å². The van der Waals surface area contributed by atoms with Gasteiger partial charge in [0, 0.05) is 37.5 Å². The van der Waals surface area contributed by atoms with Crippen LogP contribution in [0.1, 0.15) is 29.6 Å². The summed E-state index contributed by atoms with van der Waals surface area (Å²) in [5.41, 5.74) is -0.581. The van der Waals surface area contributed by atoms with Crippen molar-refractivity contribution in [3.63, 3.8) is 0 Å². The van der Waals surface area contributed by atoms with Gasteiger partial charge >= 0.3 is 0 Å². The number of rotatable bonds is 4. The summed E-state index contributed by atoms with van der Waals surface area (Å²) in [6.07, 6.45) is 0.0568. The second-order valence-electron chi connectivity index (χ2n) is 7.86. The number of nitrogens with one attached hydrogen (secondary N) is 1. The molecule has 0 aliphatic carbocycles. The van der Waals surface area contributed by atoms with Gasteiger partial charge < -0.3 is 10.2 Å². The molecular formula is C21H19F4N5O3S. The summed E-state index contributed by atoms with van der Waals surface area (Å²) >= 11 is 0. The monoisotopic (exact) mass is 497 g/mol. The van der Waals surface area contributed by atoms with E-state index >= 15 is 4.39 Å². The third-order valence-electron chi connectivity index (χ3n) is 5.41. The highest BCUT2D eigenvalue weighted by molar-refractivity contribution is 7.89. The van der Waals surface area contributed by atoms with Gasteiger partial charge in [-0.3, -0.25) is 9.78 Å². The number of para-hydroxylation sites is 1. The third kappa shape index (κ3) is 4.80. The number of nitrogens with zero attached hydrogens (tertiary/aromatic N) is 3. The van der Waals surface area contributed by atoms with Crippen LogP contribution in [-0.2, 0) is 10.0 Å². The zero-order valence-electron chi connectivity index (χ0n) is 17.6. The molecule has 180 valence electrons. The van der Waals surface area contributed by atoms with Gasteiger partial charge in [0.1, 0.15) is 5.69 Å². The Labute approximate surface area is 191 Å². The number of hydrogen-bond acceptors (Lipinski definition) is 6. The van der Waals surface area contributed by atoms with E-state index < -0.39 is 62.9 Å². The molecule has 0 spiro atoms. The van der Waals surface area contributed by atoms with Crippen LogP contribution in [0.4, 0.5) is 29.1 Å². The number of carbonyl (C=O) groups excluding carboxylic acids is 1. The summed E-state index contributed by atoms with van der Waals surface area (Å²) in [6.45, 7) is -0.453. The van der Waals surface area contributed by atoms with Crippen molar-refractivity contribution in [2.24, 2.45) is 5.14 Å². The first-order chi connectivity index (χ1) is 16.0. The molecule has 8 nitrogen and oxygen atoms in total. The first kappa shape index (κ1) is 23.8. The number of halogens is 4. The Morgan fingerprint density at radius 1 is 1.12 bits per heavy atom. The van der Waals surface area contributed by atoms with Crippen LogP contribution in [0.25, 0.3) is 10.9 Å². The highest BCUT2D eigenvalue weighted by atomic mass is 32.2. The van der Waals surface area contributed by atoms with Crippen molar-refractivity contribution in [2.75, 3.05) is 23.3 Å². The number of alkyl halides is 2. The first-order valence-electron chi connectivity index (χ1n) is 10.2. The SMILES string of the molecule is NS(=O)(=O)c1nc(N2CCCC(F)(F)CC2)c(F)c(NC(=O)c2cnc3ccccc3c2)c1F. The fourth-order valence-electron chi connectivity index (χ4n) is 3.67.